The Kier molecular flexibility index (Phi) is 7.02. The molecule has 1 aromatic carbocycles. The zero-order chi connectivity index (χ0) is 20.9. The Morgan fingerprint density at radius 1 is 1.20 bits per heavy atom. The number of aryl methyl sites for hydroxylation is 1. The predicted octanol–water partition coefficient (Wildman–Crippen LogP) is 3.87. The van der Waals surface area contributed by atoms with Crippen molar-refractivity contribution in [1.82, 2.24) is 14.8 Å². The van der Waals surface area contributed by atoms with Crippen LogP contribution in [0.1, 0.15) is 37.1 Å². The first-order chi connectivity index (χ1) is 14.6. The molecular weight excluding hydrogens is 385 g/mol. The van der Waals surface area contributed by atoms with Crippen molar-refractivity contribution in [2.45, 2.75) is 45.2 Å². The Morgan fingerprint density at radius 2 is 2.03 bits per heavy atom. The number of oxazole rings is 1. The molecule has 164 valence electrons. The van der Waals surface area contributed by atoms with Crippen LogP contribution in [0, 0.1) is 12.7 Å². The van der Waals surface area contributed by atoms with Crippen LogP contribution in [0.2, 0.25) is 0 Å². The van der Waals surface area contributed by atoms with Gasteiger partial charge < -0.3 is 13.9 Å². The Hall–Kier alpha value is -1.96. The van der Waals surface area contributed by atoms with Crippen LogP contribution >= 0.6 is 0 Å². The molecule has 3 heterocycles. The summed E-state index contributed by atoms with van der Waals surface area (Å²) in [5.41, 5.74) is 1.69. The molecule has 1 aromatic heterocycles. The van der Waals surface area contributed by atoms with Crippen LogP contribution in [0.15, 0.2) is 22.6 Å². The molecule has 2 saturated heterocycles. The fourth-order valence-electron chi connectivity index (χ4n) is 4.43. The van der Waals surface area contributed by atoms with E-state index in [2.05, 4.69) is 9.80 Å². The molecule has 7 heteroatoms. The standard InChI is InChI=1S/C23H32FN3O3/c1-17-21(25-23(30-17)18-6-7-20(24)22(15-18)28-2)16-27-9-4-3-5-19(27)8-10-26-11-13-29-14-12-26/h6-7,15,19H,3-5,8-14,16H2,1-2H3/t19-/m1/s1. The average molecular weight is 418 g/mol. The summed E-state index contributed by atoms with van der Waals surface area (Å²) in [6.45, 7) is 8.76. The monoisotopic (exact) mass is 417 g/mol. The third-order valence-electron chi connectivity index (χ3n) is 6.27. The number of halogens is 1. The van der Waals surface area contributed by atoms with Gasteiger partial charge in [-0.25, -0.2) is 9.37 Å². The number of hydrogen-bond acceptors (Lipinski definition) is 6. The summed E-state index contributed by atoms with van der Waals surface area (Å²) in [4.78, 5) is 9.82. The highest BCUT2D eigenvalue weighted by Crippen LogP contribution is 2.29. The van der Waals surface area contributed by atoms with Crippen LogP contribution in [-0.2, 0) is 11.3 Å². The number of benzene rings is 1. The molecule has 0 unspecified atom stereocenters. The van der Waals surface area contributed by atoms with Crippen LogP contribution in [-0.4, -0.2) is 67.3 Å². The van der Waals surface area contributed by atoms with Crippen LogP contribution < -0.4 is 4.74 Å². The quantitative estimate of drug-likeness (QED) is 0.682. The summed E-state index contributed by atoms with van der Waals surface area (Å²) in [6, 6.07) is 5.28. The van der Waals surface area contributed by atoms with Gasteiger partial charge >= 0.3 is 0 Å². The van der Waals surface area contributed by atoms with E-state index in [9.17, 15) is 4.39 Å². The highest BCUT2D eigenvalue weighted by molar-refractivity contribution is 5.56. The number of morpholine rings is 1. The average Bonchev–Trinajstić information content (AvgIpc) is 3.14. The van der Waals surface area contributed by atoms with E-state index < -0.39 is 0 Å². The maximum atomic E-state index is 13.7. The molecule has 4 rings (SSSR count). The van der Waals surface area contributed by atoms with Gasteiger partial charge in [0.25, 0.3) is 0 Å². The first-order valence-corrected chi connectivity index (χ1v) is 11.0. The molecule has 0 amide bonds. The summed E-state index contributed by atoms with van der Waals surface area (Å²) in [5.74, 6) is 1.15. The molecule has 0 radical (unpaired) electrons. The van der Waals surface area contributed by atoms with Crippen molar-refractivity contribution in [1.29, 1.82) is 0 Å². The van der Waals surface area contributed by atoms with Crippen LogP contribution in [0.4, 0.5) is 4.39 Å². The Labute approximate surface area is 178 Å². The second-order valence-electron chi connectivity index (χ2n) is 8.23. The van der Waals surface area contributed by atoms with Crippen LogP contribution in [0.25, 0.3) is 11.5 Å². The summed E-state index contributed by atoms with van der Waals surface area (Å²) in [7, 11) is 1.46. The van der Waals surface area contributed by atoms with Crippen molar-refractivity contribution in [2.24, 2.45) is 0 Å². The molecule has 0 aliphatic carbocycles. The molecule has 1 atom stereocenters. The number of hydrogen-bond donors (Lipinski definition) is 0. The first-order valence-electron chi connectivity index (χ1n) is 11.0. The molecule has 0 saturated carbocycles. The molecule has 2 fully saturated rings. The van der Waals surface area contributed by atoms with E-state index in [4.69, 9.17) is 18.9 Å². The zero-order valence-electron chi connectivity index (χ0n) is 18.0. The summed E-state index contributed by atoms with van der Waals surface area (Å²) < 4.78 is 30.2. The smallest absolute Gasteiger partial charge is 0.226 e. The number of aromatic nitrogens is 1. The van der Waals surface area contributed by atoms with Gasteiger partial charge in [0.15, 0.2) is 11.6 Å². The van der Waals surface area contributed by atoms with Gasteiger partial charge in [0.2, 0.25) is 5.89 Å². The topological polar surface area (TPSA) is 51.0 Å². The Morgan fingerprint density at radius 3 is 2.83 bits per heavy atom. The number of rotatable bonds is 7. The van der Waals surface area contributed by atoms with Crippen LogP contribution in [0.5, 0.6) is 5.75 Å². The van der Waals surface area contributed by atoms with Gasteiger partial charge in [0.1, 0.15) is 5.76 Å². The van der Waals surface area contributed by atoms with Gasteiger partial charge in [0.05, 0.1) is 26.0 Å². The Balaban J connectivity index is 1.43. The number of likely N-dealkylation sites (tertiary alicyclic amines) is 1. The lowest BCUT2D eigenvalue weighted by Gasteiger charge is -2.37. The third kappa shape index (κ3) is 5.02. The molecule has 0 spiro atoms. The van der Waals surface area contributed by atoms with Crippen molar-refractivity contribution in [3.05, 3.63) is 35.5 Å². The molecule has 0 bridgehead atoms. The van der Waals surface area contributed by atoms with E-state index in [1.807, 2.05) is 6.92 Å². The molecular formula is C23H32FN3O3. The van der Waals surface area contributed by atoms with Crippen molar-refractivity contribution in [3.8, 4) is 17.2 Å². The molecule has 6 nitrogen and oxygen atoms in total. The van der Waals surface area contributed by atoms with Gasteiger partial charge in [-0.05, 0) is 57.5 Å². The summed E-state index contributed by atoms with van der Waals surface area (Å²) in [5, 5.41) is 0. The maximum absolute atomic E-state index is 13.7. The number of methoxy groups -OCH3 is 1. The highest BCUT2D eigenvalue weighted by Gasteiger charge is 2.25. The molecule has 0 N–H and O–H groups in total. The first kappa shape index (κ1) is 21.3. The van der Waals surface area contributed by atoms with Crippen molar-refractivity contribution in [2.75, 3.05) is 46.5 Å². The molecule has 2 aliphatic rings. The number of ether oxygens (including phenoxy) is 2. The second-order valence-corrected chi connectivity index (χ2v) is 8.23. The second kappa shape index (κ2) is 9.90. The Bertz CT molecular complexity index is 835. The number of piperidine rings is 1. The van der Waals surface area contributed by atoms with E-state index in [0.717, 1.165) is 63.0 Å². The van der Waals surface area contributed by atoms with Crippen molar-refractivity contribution >= 4 is 0 Å². The van der Waals surface area contributed by atoms with E-state index in [-0.39, 0.29) is 11.6 Å². The van der Waals surface area contributed by atoms with Gasteiger partial charge in [0, 0.05) is 31.2 Å². The van der Waals surface area contributed by atoms with Crippen molar-refractivity contribution in [3.63, 3.8) is 0 Å². The summed E-state index contributed by atoms with van der Waals surface area (Å²) >= 11 is 0. The van der Waals surface area contributed by atoms with E-state index in [1.165, 1.54) is 38.9 Å². The minimum absolute atomic E-state index is 0.198. The van der Waals surface area contributed by atoms with Gasteiger partial charge in [-0.2, -0.15) is 0 Å². The summed E-state index contributed by atoms with van der Waals surface area (Å²) in [6.07, 6.45) is 4.94. The SMILES string of the molecule is COc1cc(-c2nc(CN3CCCC[C@@H]3CCN3CCOCC3)c(C)o2)ccc1F. The lowest BCUT2D eigenvalue weighted by molar-refractivity contribution is 0.0301. The fourth-order valence-corrected chi connectivity index (χ4v) is 4.43. The number of nitrogens with zero attached hydrogens (tertiary/aromatic N) is 3. The maximum Gasteiger partial charge on any atom is 0.226 e. The van der Waals surface area contributed by atoms with Gasteiger partial charge in [-0.15, -0.1) is 0 Å². The predicted molar refractivity (Wildman–Crippen MR) is 113 cm³/mol. The van der Waals surface area contributed by atoms with Gasteiger partial charge in [-0.3, -0.25) is 9.80 Å². The third-order valence-corrected chi connectivity index (χ3v) is 6.27. The van der Waals surface area contributed by atoms with E-state index in [1.54, 1.807) is 12.1 Å². The minimum atomic E-state index is -0.388. The lowest BCUT2D eigenvalue weighted by atomic mass is 9.98. The molecule has 2 aliphatic heterocycles. The van der Waals surface area contributed by atoms with E-state index in [0.29, 0.717) is 11.9 Å². The van der Waals surface area contributed by atoms with E-state index >= 15 is 0 Å². The normalized spacial score (nSPS) is 21.1. The minimum Gasteiger partial charge on any atom is -0.494 e. The zero-order valence-corrected chi connectivity index (χ0v) is 18.0. The van der Waals surface area contributed by atoms with Crippen LogP contribution in [0.3, 0.4) is 0 Å². The lowest BCUT2D eigenvalue weighted by Crippen LogP contribution is -2.43. The fraction of sp³-hybridized carbons (Fsp3) is 0.609. The largest absolute Gasteiger partial charge is 0.494 e. The molecule has 30 heavy (non-hydrogen) atoms. The molecule has 2 aromatic rings. The highest BCUT2D eigenvalue weighted by atomic mass is 19.1. The van der Waals surface area contributed by atoms with Gasteiger partial charge in [-0.1, -0.05) is 6.42 Å². The van der Waals surface area contributed by atoms with Crippen molar-refractivity contribution < 1.29 is 18.3 Å².